The zero-order chi connectivity index (χ0) is 20.9. The molecule has 0 amide bonds. The molecule has 4 rings (SSSR count). The number of piperazine rings is 1. The number of rotatable bonds is 7. The summed E-state index contributed by atoms with van der Waals surface area (Å²) in [5, 5.41) is 4.15. The molecular formula is C22H26N4O4. The summed E-state index contributed by atoms with van der Waals surface area (Å²) in [6.45, 7) is 4.45. The Bertz CT molecular complexity index is 943. The van der Waals surface area contributed by atoms with E-state index in [0.29, 0.717) is 35.5 Å². The summed E-state index contributed by atoms with van der Waals surface area (Å²) < 4.78 is 21.7. The van der Waals surface area contributed by atoms with Gasteiger partial charge in [0.1, 0.15) is 0 Å². The summed E-state index contributed by atoms with van der Waals surface area (Å²) in [6, 6.07) is 14.1. The van der Waals surface area contributed by atoms with Crippen LogP contribution in [0.25, 0.3) is 11.4 Å². The minimum atomic E-state index is 0.493. The molecule has 8 nitrogen and oxygen atoms in total. The van der Waals surface area contributed by atoms with Crippen molar-refractivity contribution in [1.82, 2.24) is 15.0 Å². The van der Waals surface area contributed by atoms with Crippen molar-refractivity contribution in [3.8, 4) is 28.6 Å². The highest BCUT2D eigenvalue weighted by molar-refractivity contribution is 5.66. The monoisotopic (exact) mass is 410 g/mol. The summed E-state index contributed by atoms with van der Waals surface area (Å²) >= 11 is 0. The Morgan fingerprint density at radius 1 is 0.900 bits per heavy atom. The van der Waals surface area contributed by atoms with E-state index in [1.807, 2.05) is 18.2 Å². The molecule has 1 aliphatic rings. The van der Waals surface area contributed by atoms with Crippen molar-refractivity contribution in [3.05, 3.63) is 48.4 Å². The highest BCUT2D eigenvalue weighted by atomic mass is 16.5. The summed E-state index contributed by atoms with van der Waals surface area (Å²) in [7, 11) is 4.74. The summed E-state index contributed by atoms with van der Waals surface area (Å²) in [5.41, 5.74) is 2.01. The van der Waals surface area contributed by atoms with Gasteiger partial charge in [-0.3, -0.25) is 4.90 Å². The Labute approximate surface area is 176 Å². The molecule has 0 aliphatic carbocycles. The van der Waals surface area contributed by atoms with Gasteiger partial charge in [-0.2, -0.15) is 4.98 Å². The second kappa shape index (κ2) is 9.04. The van der Waals surface area contributed by atoms with Gasteiger partial charge < -0.3 is 23.6 Å². The topological polar surface area (TPSA) is 73.1 Å². The summed E-state index contributed by atoms with van der Waals surface area (Å²) in [4.78, 5) is 9.29. The minimum absolute atomic E-state index is 0.493. The van der Waals surface area contributed by atoms with E-state index in [4.69, 9.17) is 18.7 Å². The van der Waals surface area contributed by atoms with Gasteiger partial charge in [-0.05, 0) is 24.3 Å². The Hall–Kier alpha value is -3.26. The first-order chi connectivity index (χ1) is 14.7. The number of benzene rings is 2. The predicted octanol–water partition coefficient (Wildman–Crippen LogP) is 3.08. The van der Waals surface area contributed by atoms with E-state index in [1.165, 1.54) is 5.69 Å². The molecule has 1 saturated heterocycles. The minimum Gasteiger partial charge on any atom is -0.493 e. The molecule has 0 spiro atoms. The lowest BCUT2D eigenvalue weighted by atomic mass is 10.1. The second-order valence-electron chi connectivity index (χ2n) is 7.02. The summed E-state index contributed by atoms with van der Waals surface area (Å²) in [6.07, 6.45) is 0. The molecule has 1 aliphatic heterocycles. The van der Waals surface area contributed by atoms with Crippen LogP contribution in [0.2, 0.25) is 0 Å². The van der Waals surface area contributed by atoms with Gasteiger partial charge in [-0.15, -0.1) is 0 Å². The van der Waals surface area contributed by atoms with E-state index < -0.39 is 0 Å². The number of anilines is 1. The Morgan fingerprint density at radius 3 is 2.17 bits per heavy atom. The fourth-order valence-electron chi connectivity index (χ4n) is 3.64. The number of ether oxygens (including phenoxy) is 3. The van der Waals surface area contributed by atoms with Crippen molar-refractivity contribution >= 4 is 5.69 Å². The van der Waals surface area contributed by atoms with Crippen LogP contribution in [0, 0.1) is 0 Å². The molecule has 0 bridgehead atoms. The molecule has 0 radical (unpaired) electrons. The predicted molar refractivity (Wildman–Crippen MR) is 113 cm³/mol. The number of para-hydroxylation sites is 1. The molecular weight excluding hydrogens is 384 g/mol. The van der Waals surface area contributed by atoms with Crippen molar-refractivity contribution < 1.29 is 18.7 Å². The zero-order valence-electron chi connectivity index (χ0n) is 17.5. The van der Waals surface area contributed by atoms with Crippen LogP contribution in [0.5, 0.6) is 17.2 Å². The van der Waals surface area contributed by atoms with E-state index in [2.05, 4.69) is 44.2 Å². The molecule has 0 unspecified atom stereocenters. The van der Waals surface area contributed by atoms with Crippen LogP contribution >= 0.6 is 0 Å². The molecule has 0 atom stereocenters. The average molecular weight is 410 g/mol. The first-order valence-electron chi connectivity index (χ1n) is 9.87. The van der Waals surface area contributed by atoms with Crippen LogP contribution in [0.3, 0.4) is 0 Å². The maximum Gasteiger partial charge on any atom is 0.241 e. The standard InChI is InChI=1S/C22H26N4O4/c1-27-18-13-16(14-19(28-2)21(18)29-3)22-23-20(30-24-22)15-25-9-11-26(12-10-25)17-7-5-4-6-8-17/h4-8,13-14H,9-12,15H2,1-3H3. The zero-order valence-corrected chi connectivity index (χ0v) is 17.5. The van der Waals surface area contributed by atoms with Crippen LogP contribution in [0.4, 0.5) is 5.69 Å². The molecule has 0 saturated carbocycles. The van der Waals surface area contributed by atoms with E-state index in [0.717, 1.165) is 31.7 Å². The number of hydrogen-bond acceptors (Lipinski definition) is 8. The Balaban J connectivity index is 1.43. The largest absolute Gasteiger partial charge is 0.493 e. The van der Waals surface area contributed by atoms with Gasteiger partial charge in [-0.25, -0.2) is 0 Å². The average Bonchev–Trinajstić information content (AvgIpc) is 3.27. The van der Waals surface area contributed by atoms with Crippen molar-refractivity contribution in [2.75, 3.05) is 52.4 Å². The van der Waals surface area contributed by atoms with Crippen molar-refractivity contribution in [1.29, 1.82) is 0 Å². The lowest BCUT2D eigenvalue weighted by Gasteiger charge is -2.35. The van der Waals surface area contributed by atoms with Crippen LogP contribution in [-0.4, -0.2) is 62.5 Å². The van der Waals surface area contributed by atoms with Crippen LogP contribution in [-0.2, 0) is 6.54 Å². The van der Waals surface area contributed by atoms with Gasteiger partial charge in [0.05, 0.1) is 27.9 Å². The third kappa shape index (κ3) is 4.18. The fourth-order valence-corrected chi connectivity index (χ4v) is 3.64. The first-order valence-corrected chi connectivity index (χ1v) is 9.87. The van der Waals surface area contributed by atoms with Crippen molar-refractivity contribution in [2.45, 2.75) is 6.54 Å². The lowest BCUT2D eigenvalue weighted by Crippen LogP contribution is -2.46. The quantitative estimate of drug-likeness (QED) is 0.588. The second-order valence-corrected chi connectivity index (χ2v) is 7.02. The molecule has 3 aromatic rings. The summed E-state index contributed by atoms with van der Waals surface area (Å²) in [5.74, 6) is 2.72. The highest BCUT2D eigenvalue weighted by Crippen LogP contribution is 2.40. The van der Waals surface area contributed by atoms with E-state index in [9.17, 15) is 0 Å². The molecule has 30 heavy (non-hydrogen) atoms. The number of nitrogens with zero attached hydrogens (tertiary/aromatic N) is 4. The van der Waals surface area contributed by atoms with Crippen molar-refractivity contribution in [3.63, 3.8) is 0 Å². The third-order valence-corrected chi connectivity index (χ3v) is 5.24. The third-order valence-electron chi connectivity index (χ3n) is 5.24. The van der Waals surface area contributed by atoms with Crippen LogP contribution in [0.1, 0.15) is 5.89 Å². The maximum absolute atomic E-state index is 5.51. The Kier molecular flexibility index (Phi) is 6.04. The smallest absolute Gasteiger partial charge is 0.241 e. The molecule has 0 N–H and O–H groups in total. The van der Waals surface area contributed by atoms with Gasteiger partial charge >= 0.3 is 0 Å². The lowest BCUT2D eigenvalue weighted by molar-refractivity contribution is 0.215. The highest BCUT2D eigenvalue weighted by Gasteiger charge is 2.21. The van der Waals surface area contributed by atoms with Gasteiger partial charge in [-0.1, -0.05) is 23.4 Å². The van der Waals surface area contributed by atoms with E-state index in [-0.39, 0.29) is 0 Å². The maximum atomic E-state index is 5.51. The van der Waals surface area contributed by atoms with Crippen LogP contribution < -0.4 is 19.1 Å². The number of aromatic nitrogens is 2. The molecule has 158 valence electrons. The van der Waals surface area contributed by atoms with Gasteiger partial charge in [0.15, 0.2) is 11.5 Å². The van der Waals surface area contributed by atoms with Crippen LogP contribution in [0.15, 0.2) is 47.0 Å². The SMILES string of the molecule is COc1cc(-c2noc(CN3CCN(c4ccccc4)CC3)n2)cc(OC)c1OC. The number of methoxy groups -OCH3 is 3. The molecule has 2 aromatic carbocycles. The normalized spacial score (nSPS) is 14.6. The molecule has 1 aromatic heterocycles. The van der Waals surface area contributed by atoms with Gasteiger partial charge in [0.25, 0.3) is 0 Å². The number of hydrogen-bond donors (Lipinski definition) is 0. The molecule has 8 heteroatoms. The molecule has 1 fully saturated rings. The van der Waals surface area contributed by atoms with Crippen molar-refractivity contribution in [2.24, 2.45) is 0 Å². The van der Waals surface area contributed by atoms with Gasteiger partial charge in [0.2, 0.25) is 17.5 Å². The van der Waals surface area contributed by atoms with E-state index >= 15 is 0 Å². The Morgan fingerprint density at radius 2 is 1.57 bits per heavy atom. The fraction of sp³-hybridized carbons (Fsp3) is 0.364. The van der Waals surface area contributed by atoms with Gasteiger partial charge in [0, 0.05) is 37.4 Å². The molecule has 2 heterocycles. The van der Waals surface area contributed by atoms with E-state index in [1.54, 1.807) is 21.3 Å². The first kappa shape index (κ1) is 20.0.